The second-order valence-corrected chi connectivity index (χ2v) is 11.3. The van der Waals surface area contributed by atoms with Crippen LogP contribution in [0.1, 0.15) is 31.8 Å². The summed E-state index contributed by atoms with van der Waals surface area (Å²) >= 11 is 1.60. The van der Waals surface area contributed by atoms with E-state index in [9.17, 15) is 19.1 Å². The number of hydrogen-bond donors (Lipinski definition) is 2. The standard InChI is InChI=1S/C36H27FN2O3S/c37-30-16-14-27(15-17-30)26-10-8-25(9-11-26)23-39-19-18-29-20-32(43-31-4-2-1-3-5-31)21-33(34(29)39)35(40)38-22-24-6-12-28(13-7-24)36(41)42/h1-21H,22-23H2,(H,38,40)(H,41,42). The van der Waals surface area contributed by atoms with E-state index in [-0.39, 0.29) is 23.8 Å². The number of nitrogens with zero attached hydrogens (tertiary/aromatic N) is 1. The number of aromatic carboxylic acids is 1. The fourth-order valence-corrected chi connectivity index (χ4v) is 5.92. The van der Waals surface area contributed by atoms with Gasteiger partial charge in [0.15, 0.2) is 0 Å². The van der Waals surface area contributed by atoms with Crippen molar-refractivity contribution in [1.82, 2.24) is 9.88 Å². The van der Waals surface area contributed by atoms with E-state index in [0.717, 1.165) is 42.9 Å². The van der Waals surface area contributed by atoms with E-state index in [1.807, 2.05) is 72.9 Å². The molecule has 1 aromatic heterocycles. The van der Waals surface area contributed by atoms with Crippen molar-refractivity contribution < 1.29 is 19.1 Å². The Kier molecular flexibility index (Phi) is 8.07. The predicted octanol–water partition coefficient (Wildman–Crippen LogP) is 8.28. The van der Waals surface area contributed by atoms with Gasteiger partial charge in [0.25, 0.3) is 5.91 Å². The molecule has 43 heavy (non-hydrogen) atoms. The highest BCUT2D eigenvalue weighted by atomic mass is 32.2. The second-order valence-electron chi connectivity index (χ2n) is 10.2. The van der Waals surface area contributed by atoms with Crippen LogP contribution in [-0.2, 0) is 13.1 Å². The van der Waals surface area contributed by atoms with Crippen LogP contribution in [0.4, 0.5) is 4.39 Å². The minimum atomic E-state index is -0.989. The van der Waals surface area contributed by atoms with Crippen LogP contribution in [-0.4, -0.2) is 21.6 Å². The zero-order valence-electron chi connectivity index (χ0n) is 23.0. The van der Waals surface area contributed by atoms with Gasteiger partial charge in [0, 0.05) is 34.5 Å². The van der Waals surface area contributed by atoms with E-state index in [1.165, 1.54) is 24.3 Å². The maximum absolute atomic E-state index is 13.7. The lowest BCUT2D eigenvalue weighted by molar-refractivity contribution is 0.0696. The zero-order valence-corrected chi connectivity index (χ0v) is 23.9. The van der Waals surface area contributed by atoms with E-state index >= 15 is 0 Å². The first-order chi connectivity index (χ1) is 20.9. The van der Waals surface area contributed by atoms with E-state index in [0.29, 0.717) is 12.1 Å². The number of carboxylic acid groups (broad SMARTS) is 1. The SMILES string of the molecule is O=C(O)c1ccc(CNC(=O)c2cc(Sc3ccccc3)cc3ccn(Cc4ccc(-c5ccc(F)cc5)cc4)c23)cc1. The molecule has 1 amide bonds. The third-order valence-corrected chi connectivity index (χ3v) is 8.18. The van der Waals surface area contributed by atoms with E-state index in [1.54, 1.807) is 36.0 Å². The summed E-state index contributed by atoms with van der Waals surface area (Å²) in [7, 11) is 0. The van der Waals surface area contributed by atoms with Gasteiger partial charge >= 0.3 is 5.97 Å². The van der Waals surface area contributed by atoms with Crippen molar-refractivity contribution in [3.05, 3.63) is 156 Å². The van der Waals surface area contributed by atoms with Crippen molar-refractivity contribution in [2.24, 2.45) is 0 Å². The van der Waals surface area contributed by atoms with E-state index in [2.05, 4.69) is 16.0 Å². The smallest absolute Gasteiger partial charge is 0.335 e. The van der Waals surface area contributed by atoms with Crippen molar-refractivity contribution >= 4 is 34.5 Å². The van der Waals surface area contributed by atoms with Gasteiger partial charge in [-0.15, -0.1) is 0 Å². The number of nitrogens with one attached hydrogen (secondary N) is 1. The molecule has 5 nitrogen and oxygen atoms in total. The summed E-state index contributed by atoms with van der Waals surface area (Å²) in [6, 6.07) is 37.1. The Morgan fingerprint density at radius 3 is 2.07 bits per heavy atom. The number of rotatable bonds is 9. The Balaban J connectivity index is 1.29. The predicted molar refractivity (Wildman–Crippen MR) is 168 cm³/mol. The monoisotopic (exact) mass is 586 g/mol. The molecular formula is C36H27FN2O3S. The third kappa shape index (κ3) is 6.52. The summed E-state index contributed by atoms with van der Waals surface area (Å²) in [4.78, 5) is 26.9. The molecule has 0 aliphatic carbocycles. The van der Waals surface area contributed by atoms with Crippen molar-refractivity contribution in [3.63, 3.8) is 0 Å². The van der Waals surface area contributed by atoms with Crippen LogP contribution in [0.25, 0.3) is 22.0 Å². The number of benzene rings is 5. The molecular weight excluding hydrogens is 559 g/mol. The van der Waals surface area contributed by atoms with Gasteiger partial charge in [-0.05, 0) is 76.9 Å². The maximum Gasteiger partial charge on any atom is 0.335 e. The van der Waals surface area contributed by atoms with Gasteiger partial charge in [0.05, 0.1) is 16.6 Å². The number of carbonyl (C=O) groups is 2. The van der Waals surface area contributed by atoms with Gasteiger partial charge in [-0.25, -0.2) is 9.18 Å². The quantitative estimate of drug-likeness (QED) is 0.179. The van der Waals surface area contributed by atoms with Crippen LogP contribution >= 0.6 is 11.8 Å². The maximum atomic E-state index is 13.7. The van der Waals surface area contributed by atoms with Gasteiger partial charge in [0.1, 0.15) is 5.82 Å². The molecule has 6 aromatic rings. The van der Waals surface area contributed by atoms with Crippen molar-refractivity contribution in [2.45, 2.75) is 22.9 Å². The van der Waals surface area contributed by atoms with Crippen LogP contribution in [0.2, 0.25) is 0 Å². The lowest BCUT2D eigenvalue weighted by Crippen LogP contribution is -2.23. The average Bonchev–Trinajstić information content (AvgIpc) is 3.43. The molecule has 212 valence electrons. The number of carbonyl (C=O) groups excluding carboxylic acids is 1. The molecule has 0 unspecified atom stereocenters. The molecule has 5 aromatic carbocycles. The van der Waals surface area contributed by atoms with Crippen LogP contribution in [0.15, 0.2) is 137 Å². The topological polar surface area (TPSA) is 71.3 Å². The Hall–Kier alpha value is -5.14. The van der Waals surface area contributed by atoms with Crippen LogP contribution in [0, 0.1) is 5.82 Å². The molecule has 0 bridgehead atoms. The fraction of sp³-hybridized carbons (Fsp3) is 0.0556. The summed E-state index contributed by atoms with van der Waals surface area (Å²) < 4.78 is 15.4. The van der Waals surface area contributed by atoms with Gasteiger partial charge in [-0.2, -0.15) is 0 Å². The van der Waals surface area contributed by atoms with Crippen LogP contribution in [0.5, 0.6) is 0 Å². The van der Waals surface area contributed by atoms with Gasteiger partial charge < -0.3 is 15.0 Å². The molecule has 0 aliphatic heterocycles. The summed E-state index contributed by atoms with van der Waals surface area (Å²) in [6.45, 7) is 0.830. The normalized spacial score (nSPS) is 11.0. The number of hydrogen-bond acceptors (Lipinski definition) is 3. The molecule has 1 heterocycles. The summed E-state index contributed by atoms with van der Waals surface area (Å²) in [5.41, 5.74) is 5.41. The fourth-order valence-electron chi connectivity index (χ4n) is 4.99. The molecule has 0 aliphatic rings. The van der Waals surface area contributed by atoms with Crippen molar-refractivity contribution in [3.8, 4) is 11.1 Å². The van der Waals surface area contributed by atoms with E-state index in [4.69, 9.17) is 0 Å². The molecule has 2 N–H and O–H groups in total. The zero-order chi connectivity index (χ0) is 29.8. The lowest BCUT2D eigenvalue weighted by Gasteiger charge is -2.13. The number of carboxylic acids is 1. The third-order valence-electron chi connectivity index (χ3n) is 7.20. The molecule has 7 heteroatoms. The van der Waals surface area contributed by atoms with Gasteiger partial charge in [-0.3, -0.25) is 4.79 Å². The molecule has 0 saturated heterocycles. The highest BCUT2D eigenvalue weighted by Crippen LogP contribution is 2.33. The summed E-state index contributed by atoms with van der Waals surface area (Å²) in [5.74, 6) is -1.47. The summed E-state index contributed by atoms with van der Waals surface area (Å²) in [6.07, 6.45) is 2.00. The molecule has 0 spiro atoms. The molecule has 0 radical (unpaired) electrons. The Morgan fingerprint density at radius 2 is 1.40 bits per heavy atom. The van der Waals surface area contributed by atoms with E-state index < -0.39 is 5.97 Å². The second kappa shape index (κ2) is 12.4. The first-order valence-corrected chi connectivity index (χ1v) is 14.6. The Labute approximate surface area is 252 Å². The molecule has 6 rings (SSSR count). The van der Waals surface area contributed by atoms with Gasteiger partial charge in [0.2, 0.25) is 0 Å². The minimum Gasteiger partial charge on any atom is -0.478 e. The number of halogens is 1. The molecule has 0 atom stereocenters. The van der Waals surface area contributed by atoms with Crippen molar-refractivity contribution in [1.29, 1.82) is 0 Å². The van der Waals surface area contributed by atoms with Crippen LogP contribution < -0.4 is 5.32 Å². The highest BCUT2D eigenvalue weighted by Gasteiger charge is 2.17. The minimum absolute atomic E-state index is 0.200. The average molecular weight is 587 g/mol. The first kappa shape index (κ1) is 28.0. The highest BCUT2D eigenvalue weighted by molar-refractivity contribution is 7.99. The number of fused-ring (bicyclic) bond motifs is 1. The number of aromatic nitrogens is 1. The van der Waals surface area contributed by atoms with Gasteiger partial charge in [-0.1, -0.05) is 78.5 Å². The van der Waals surface area contributed by atoms with Crippen molar-refractivity contribution in [2.75, 3.05) is 0 Å². The largest absolute Gasteiger partial charge is 0.478 e. The van der Waals surface area contributed by atoms with Crippen LogP contribution in [0.3, 0.4) is 0 Å². The molecule has 0 saturated carbocycles. The first-order valence-electron chi connectivity index (χ1n) is 13.7. The molecule has 0 fully saturated rings. The summed E-state index contributed by atoms with van der Waals surface area (Å²) in [5, 5.41) is 13.2. The number of amides is 1. The Bertz CT molecular complexity index is 1900. The lowest BCUT2D eigenvalue weighted by atomic mass is 10.0. The Morgan fingerprint density at radius 1 is 0.744 bits per heavy atom.